The highest BCUT2D eigenvalue weighted by Gasteiger charge is 2.18. The Kier molecular flexibility index (Phi) is 9.32. The highest BCUT2D eigenvalue weighted by Crippen LogP contribution is 2.20. The van der Waals surface area contributed by atoms with Gasteiger partial charge in [0.15, 0.2) is 0 Å². The Morgan fingerprint density at radius 1 is 1.17 bits per heavy atom. The lowest BCUT2D eigenvalue weighted by Crippen LogP contribution is -2.33. The summed E-state index contributed by atoms with van der Waals surface area (Å²) in [4.78, 5) is 31.5. The second-order valence-corrected chi connectivity index (χ2v) is 10.6. The number of aryl methyl sites for hydroxylation is 1. The molecule has 0 aliphatic carbocycles. The van der Waals surface area contributed by atoms with Gasteiger partial charge in [0.2, 0.25) is 15.9 Å². The van der Waals surface area contributed by atoms with E-state index in [-0.39, 0.29) is 28.7 Å². The van der Waals surface area contributed by atoms with Crippen molar-refractivity contribution in [2.45, 2.75) is 31.2 Å². The number of nitrogens with zero attached hydrogens (tertiary/aromatic N) is 4. The molecule has 1 aromatic carbocycles. The van der Waals surface area contributed by atoms with Gasteiger partial charge in [-0.15, -0.1) is 0 Å². The van der Waals surface area contributed by atoms with E-state index < -0.39 is 21.5 Å². The second kappa shape index (κ2) is 12.2. The van der Waals surface area contributed by atoms with Crippen molar-refractivity contribution in [1.82, 2.24) is 24.4 Å². The van der Waals surface area contributed by atoms with Crippen LogP contribution in [-0.4, -0.2) is 61.2 Å². The molecular weight excluding hydrogens is 504 g/mol. The van der Waals surface area contributed by atoms with Crippen molar-refractivity contribution < 1.29 is 13.2 Å². The molecule has 12 heteroatoms. The van der Waals surface area contributed by atoms with Crippen LogP contribution in [0.25, 0.3) is 0 Å². The first kappa shape index (κ1) is 27.5. The van der Waals surface area contributed by atoms with E-state index >= 15 is 0 Å². The number of sulfonamides is 1. The fraction of sp³-hybridized carbons (Fsp3) is 0.333. The normalized spacial score (nSPS) is 11.6. The molecule has 0 atom stereocenters. The summed E-state index contributed by atoms with van der Waals surface area (Å²) in [6.07, 6.45) is 3.85. The van der Waals surface area contributed by atoms with Crippen molar-refractivity contribution >= 4 is 33.2 Å². The largest absolute Gasteiger partial charge is 0.324 e. The molecule has 3 aromatic rings. The van der Waals surface area contributed by atoms with E-state index in [9.17, 15) is 18.0 Å². The molecular formula is C24H29ClN6O4S. The molecule has 0 spiro atoms. The number of aromatic nitrogens is 3. The van der Waals surface area contributed by atoms with Gasteiger partial charge < -0.3 is 10.2 Å². The van der Waals surface area contributed by atoms with Crippen molar-refractivity contribution in [2.24, 2.45) is 0 Å². The Bertz CT molecular complexity index is 1380. The lowest BCUT2D eigenvalue weighted by Gasteiger charge is -2.13. The monoisotopic (exact) mass is 532 g/mol. The predicted octanol–water partition coefficient (Wildman–Crippen LogP) is 1.86. The minimum Gasteiger partial charge on any atom is -0.324 e. The Balaban J connectivity index is 1.69. The van der Waals surface area contributed by atoms with E-state index in [0.717, 1.165) is 10.4 Å². The molecule has 0 unspecified atom stereocenters. The topological polar surface area (TPSA) is 126 Å². The zero-order chi connectivity index (χ0) is 26.3. The van der Waals surface area contributed by atoms with Crippen LogP contribution in [-0.2, 0) is 34.2 Å². The Hall–Kier alpha value is -3.12. The fourth-order valence-corrected chi connectivity index (χ4v) is 4.94. The number of amides is 1. The molecule has 36 heavy (non-hydrogen) atoms. The lowest BCUT2D eigenvalue weighted by atomic mass is 10.2. The van der Waals surface area contributed by atoms with Gasteiger partial charge in [-0.3, -0.25) is 14.6 Å². The maximum atomic E-state index is 12.9. The summed E-state index contributed by atoms with van der Waals surface area (Å²) in [6.45, 7) is 2.12. The van der Waals surface area contributed by atoms with Crippen molar-refractivity contribution in [2.75, 3.05) is 32.5 Å². The molecule has 10 nitrogen and oxygen atoms in total. The molecule has 0 fully saturated rings. The molecule has 0 aliphatic rings. The van der Waals surface area contributed by atoms with Gasteiger partial charge in [0.25, 0.3) is 5.56 Å². The maximum Gasteiger partial charge on any atom is 0.271 e. The number of likely N-dealkylation sites (N-methyl/N-ethyl adjacent to an activating group) is 1. The zero-order valence-corrected chi connectivity index (χ0v) is 21.9. The molecule has 0 saturated heterocycles. The van der Waals surface area contributed by atoms with Crippen LogP contribution in [0.3, 0.4) is 0 Å². The van der Waals surface area contributed by atoms with Gasteiger partial charge in [-0.05, 0) is 57.3 Å². The number of carbonyl (C=O) groups is 1. The van der Waals surface area contributed by atoms with Gasteiger partial charge in [-0.2, -0.15) is 5.10 Å². The number of hydrogen-bond acceptors (Lipinski definition) is 7. The molecule has 3 rings (SSSR count). The standard InChI is InChI=1S/C24H29ClN6O4S/c1-17-7-8-19(14-22(17)36(34,35)28-12-9-18-6-4-5-11-26-18)29-23(32)16-31-24(33)20(10-13-30(2)3)21(25)15-27-31/h4-8,11,14-15,28H,9-10,12-13,16H2,1-3H3,(H,29,32). The molecule has 0 saturated carbocycles. The number of halogens is 1. The number of carbonyl (C=O) groups excluding carboxylic acids is 1. The van der Waals surface area contributed by atoms with Crippen LogP contribution in [0.5, 0.6) is 0 Å². The van der Waals surface area contributed by atoms with Crippen molar-refractivity contribution in [3.05, 3.63) is 81.0 Å². The molecule has 2 heterocycles. The minimum absolute atomic E-state index is 0.0501. The van der Waals surface area contributed by atoms with Gasteiger partial charge in [0.05, 0.1) is 16.1 Å². The van der Waals surface area contributed by atoms with Gasteiger partial charge >= 0.3 is 0 Å². The number of benzene rings is 1. The zero-order valence-electron chi connectivity index (χ0n) is 20.4. The number of rotatable bonds is 11. The maximum absolute atomic E-state index is 12.9. The van der Waals surface area contributed by atoms with Crippen LogP contribution < -0.4 is 15.6 Å². The van der Waals surface area contributed by atoms with E-state index in [1.165, 1.54) is 12.3 Å². The average molecular weight is 533 g/mol. The number of hydrogen-bond donors (Lipinski definition) is 2. The third-order valence-corrected chi connectivity index (χ3v) is 7.28. The van der Waals surface area contributed by atoms with Crippen molar-refractivity contribution in [1.29, 1.82) is 0 Å². The summed E-state index contributed by atoms with van der Waals surface area (Å²) in [7, 11) is -0.0599. The smallest absolute Gasteiger partial charge is 0.271 e. The molecule has 1 amide bonds. The summed E-state index contributed by atoms with van der Waals surface area (Å²) in [5.41, 5.74) is 1.52. The minimum atomic E-state index is -3.82. The molecule has 192 valence electrons. The van der Waals surface area contributed by atoms with E-state index in [4.69, 9.17) is 11.6 Å². The molecule has 2 aromatic heterocycles. The number of nitrogens with one attached hydrogen (secondary N) is 2. The van der Waals surface area contributed by atoms with Crippen LogP contribution in [0.4, 0.5) is 5.69 Å². The SMILES string of the molecule is Cc1ccc(NC(=O)Cn2ncc(Cl)c(CCN(C)C)c2=O)cc1S(=O)(=O)NCCc1ccccn1. The van der Waals surface area contributed by atoms with E-state index in [1.54, 1.807) is 31.3 Å². The summed E-state index contributed by atoms with van der Waals surface area (Å²) < 4.78 is 29.4. The number of anilines is 1. The second-order valence-electron chi connectivity index (χ2n) is 8.48. The summed E-state index contributed by atoms with van der Waals surface area (Å²) in [6, 6.07) is 10.0. The van der Waals surface area contributed by atoms with E-state index in [0.29, 0.717) is 30.5 Å². The summed E-state index contributed by atoms with van der Waals surface area (Å²) in [5, 5.41) is 6.86. The third kappa shape index (κ3) is 7.44. The predicted molar refractivity (Wildman–Crippen MR) is 139 cm³/mol. The number of pyridine rings is 1. The first-order chi connectivity index (χ1) is 17.1. The van der Waals surface area contributed by atoms with E-state index in [1.807, 2.05) is 31.1 Å². The van der Waals surface area contributed by atoms with Crippen molar-refractivity contribution in [3.63, 3.8) is 0 Å². The van der Waals surface area contributed by atoms with E-state index in [2.05, 4.69) is 20.1 Å². The highest BCUT2D eigenvalue weighted by atomic mass is 35.5. The van der Waals surface area contributed by atoms with Gasteiger partial charge in [0.1, 0.15) is 6.54 Å². The quantitative estimate of drug-likeness (QED) is 0.386. The molecule has 0 aliphatic heterocycles. The van der Waals surface area contributed by atoms with Crippen LogP contribution >= 0.6 is 11.6 Å². The first-order valence-corrected chi connectivity index (χ1v) is 13.1. The average Bonchev–Trinajstić information content (AvgIpc) is 2.82. The van der Waals surface area contributed by atoms with Gasteiger partial charge in [-0.1, -0.05) is 23.7 Å². The summed E-state index contributed by atoms with van der Waals surface area (Å²) >= 11 is 6.14. The Morgan fingerprint density at radius 3 is 2.64 bits per heavy atom. The first-order valence-electron chi connectivity index (χ1n) is 11.3. The van der Waals surface area contributed by atoms with Gasteiger partial charge in [-0.25, -0.2) is 17.8 Å². The third-order valence-electron chi connectivity index (χ3n) is 5.35. The highest BCUT2D eigenvalue weighted by molar-refractivity contribution is 7.89. The van der Waals surface area contributed by atoms with Crippen LogP contribution in [0.15, 0.2) is 58.5 Å². The Labute approximate surface area is 215 Å². The Morgan fingerprint density at radius 2 is 1.94 bits per heavy atom. The van der Waals surface area contributed by atoms with Crippen molar-refractivity contribution in [3.8, 4) is 0 Å². The molecule has 2 N–H and O–H groups in total. The summed E-state index contributed by atoms with van der Waals surface area (Å²) in [5.74, 6) is -0.527. The van der Waals surface area contributed by atoms with Gasteiger partial charge in [0, 0.05) is 42.7 Å². The molecule has 0 bridgehead atoms. The fourth-order valence-electron chi connectivity index (χ4n) is 3.42. The van der Waals surface area contributed by atoms with Crippen LogP contribution in [0.1, 0.15) is 16.8 Å². The molecule has 0 radical (unpaired) electrons. The van der Waals surface area contributed by atoms with Crippen LogP contribution in [0.2, 0.25) is 5.02 Å². The lowest BCUT2D eigenvalue weighted by molar-refractivity contribution is -0.117. The van der Waals surface area contributed by atoms with Crippen LogP contribution in [0, 0.1) is 6.92 Å².